The Hall–Kier alpha value is -4.10. The first-order valence-electron chi connectivity index (χ1n) is 15.2. The van der Waals surface area contributed by atoms with Crippen molar-refractivity contribution in [3.63, 3.8) is 0 Å². The van der Waals surface area contributed by atoms with E-state index in [1.54, 1.807) is 0 Å². The number of piperidine rings is 1. The lowest BCUT2D eigenvalue weighted by molar-refractivity contribution is -0.118. The molecule has 0 unspecified atom stereocenters. The highest BCUT2D eigenvalue weighted by atomic mass is 16.2. The number of nitrogens with zero attached hydrogens (tertiary/aromatic N) is 2. The van der Waals surface area contributed by atoms with Crippen molar-refractivity contribution in [2.24, 2.45) is 0 Å². The van der Waals surface area contributed by atoms with Crippen LogP contribution in [0.4, 0.5) is 10.5 Å². The fraction of sp³-hybridized carbons (Fsp3) is 0.371. The van der Waals surface area contributed by atoms with E-state index in [1.807, 2.05) is 60.5 Å². The topological polar surface area (TPSA) is 80.5 Å². The second-order valence-electron chi connectivity index (χ2n) is 11.3. The van der Waals surface area contributed by atoms with Crippen LogP contribution in [0.5, 0.6) is 0 Å². The van der Waals surface area contributed by atoms with Gasteiger partial charge in [0.25, 0.3) is 0 Å². The van der Waals surface area contributed by atoms with E-state index >= 15 is 0 Å². The second kappa shape index (κ2) is 13.7. The first-order valence-corrected chi connectivity index (χ1v) is 15.2. The summed E-state index contributed by atoms with van der Waals surface area (Å²) in [6.45, 7) is 10.4. The number of carbonyl (C=O) groups excluding carboxylic acids is 2. The summed E-state index contributed by atoms with van der Waals surface area (Å²) in [5, 5.41) is 7.31. The zero-order chi connectivity index (χ0) is 29.5. The maximum absolute atomic E-state index is 13.9. The molecule has 2 heterocycles. The number of likely N-dealkylation sites (tertiary alicyclic amines) is 1. The molecule has 220 valence electrons. The van der Waals surface area contributed by atoms with Crippen LogP contribution in [0.3, 0.4) is 0 Å². The number of amides is 3. The molecule has 4 aromatic rings. The summed E-state index contributed by atoms with van der Waals surface area (Å²) in [4.78, 5) is 35.0. The Morgan fingerprint density at radius 3 is 2.40 bits per heavy atom. The molecule has 0 radical (unpaired) electrons. The Morgan fingerprint density at radius 2 is 1.67 bits per heavy atom. The van der Waals surface area contributed by atoms with E-state index in [-0.39, 0.29) is 17.9 Å². The third-order valence-electron chi connectivity index (χ3n) is 8.72. The van der Waals surface area contributed by atoms with Gasteiger partial charge in [-0.2, -0.15) is 0 Å². The van der Waals surface area contributed by atoms with Gasteiger partial charge in [-0.15, -0.1) is 0 Å². The number of para-hydroxylation sites is 1. The predicted molar refractivity (Wildman–Crippen MR) is 171 cm³/mol. The van der Waals surface area contributed by atoms with Gasteiger partial charge in [0.2, 0.25) is 5.91 Å². The lowest BCUT2D eigenvalue weighted by atomic mass is 9.89. The molecule has 1 saturated heterocycles. The quantitative estimate of drug-likeness (QED) is 0.200. The molecule has 1 aromatic heterocycles. The van der Waals surface area contributed by atoms with Crippen LogP contribution in [0.15, 0.2) is 85.1 Å². The van der Waals surface area contributed by atoms with Crippen LogP contribution in [0, 0.1) is 0 Å². The normalized spacial score (nSPS) is 15.5. The van der Waals surface area contributed by atoms with Crippen molar-refractivity contribution in [1.29, 1.82) is 0 Å². The van der Waals surface area contributed by atoms with Gasteiger partial charge in [-0.3, -0.25) is 9.69 Å². The monoisotopic (exact) mass is 565 g/mol. The van der Waals surface area contributed by atoms with Gasteiger partial charge >= 0.3 is 6.03 Å². The third-order valence-corrected chi connectivity index (χ3v) is 8.72. The number of rotatable bonds is 10. The Labute approximate surface area is 249 Å². The number of hydrogen-bond acceptors (Lipinski definition) is 3. The number of urea groups is 1. The molecule has 1 fully saturated rings. The summed E-state index contributed by atoms with van der Waals surface area (Å²) in [6.07, 6.45) is 3.77. The van der Waals surface area contributed by atoms with Gasteiger partial charge in [-0.1, -0.05) is 81.4 Å². The average Bonchev–Trinajstić information content (AvgIpc) is 3.47. The predicted octanol–water partition coefficient (Wildman–Crippen LogP) is 6.71. The minimum atomic E-state index is -0.755. The van der Waals surface area contributed by atoms with Crippen molar-refractivity contribution in [3.05, 3.63) is 102 Å². The summed E-state index contributed by atoms with van der Waals surface area (Å²) in [6, 6.07) is 25.6. The zero-order valence-electron chi connectivity index (χ0n) is 25.0. The highest BCUT2D eigenvalue weighted by molar-refractivity contribution is 5.98. The molecule has 2 atom stereocenters. The SMILES string of the molecule is CCN(CC)Cc1cccc(NC(=O)[C@H](NC(=O)N2CCC(c3ccccc3)CC2)[C@@H](C)c2c[nH]c3ccccc23)c1. The lowest BCUT2D eigenvalue weighted by Crippen LogP contribution is -2.53. The van der Waals surface area contributed by atoms with E-state index in [1.165, 1.54) is 5.56 Å². The Bertz CT molecular complexity index is 1470. The molecule has 3 aromatic carbocycles. The maximum Gasteiger partial charge on any atom is 0.318 e. The van der Waals surface area contributed by atoms with E-state index in [9.17, 15) is 9.59 Å². The van der Waals surface area contributed by atoms with E-state index in [4.69, 9.17) is 0 Å². The van der Waals surface area contributed by atoms with Crippen LogP contribution >= 0.6 is 0 Å². The highest BCUT2D eigenvalue weighted by Gasteiger charge is 2.32. The summed E-state index contributed by atoms with van der Waals surface area (Å²) >= 11 is 0. The number of benzene rings is 3. The molecule has 1 aliphatic rings. The number of aromatic amines is 1. The fourth-order valence-electron chi connectivity index (χ4n) is 6.11. The minimum Gasteiger partial charge on any atom is -0.361 e. The van der Waals surface area contributed by atoms with Crippen LogP contribution in [0.1, 0.15) is 62.1 Å². The van der Waals surface area contributed by atoms with E-state index in [0.717, 1.165) is 60.2 Å². The van der Waals surface area contributed by atoms with Gasteiger partial charge in [0.15, 0.2) is 0 Å². The van der Waals surface area contributed by atoms with Crippen molar-refractivity contribution >= 4 is 28.5 Å². The first kappa shape index (κ1) is 29.4. The molecule has 0 saturated carbocycles. The zero-order valence-corrected chi connectivity index (χ0v) is 25.0. The van der Waals surface area contributed by atoms with Gasteiger partial charge < -0.3 is 20.5 Å². The summed E-state index contributed by atoms with van der Waals surface area (Å²) < 4.78 is 0. The maximum atomic E-state index is 13.9. The van der Waals surface area contributed by atoms with Crippen LogP contribution in [-0.4, -0.2) is 58.9 Å². The summed E-state index contributed by atoms with van der Waals surface area (Å²) in [5.74, 6) is -0.0331. The molecule has 5 rings (SSSR count). The van der Waals surface area contributed by atoms with E-state index < -0.39 is 6.04 Å². The molecule has 3 amide bonds. The minimum absolute atomic E-state index is 0.191. The Balaban J connectivity index is 1.33. The Morgan fingerprint density at radius 1 is 0.952 bits per heavy atom. The molecule has 1 aliphatic heterocycles. The number of hydrogen-bond donors (Lipinski definition) is 3. The van der Waals surface area contributed by atoms with E-state index in [0.29, 0.717) is 19.0 Å². The Kier molecular flexibility index (Phi) is 9.59. The number of nitrogens with one attached hydrogen (secondary N) is 3. The van der Waals surface area contributed by atoms with Crippen molar-refractivity contribution in [2.75, 3.05) is 31.5 Å². The highest BCUT2D eigenvalue weighted by Crippen LogP contribution is 2.30. The number of anilines is 1. The van der Waals surface area contributed by atoms with Crippen LogP contribution in [0.25, 0.3) is 10.9 Å². The number of H-pyrrole nitrogens is 1. The van der Waals surface area contributed by atoms with Gasteiger partial charge in [-0.05, 0) is 66.7 Å². The molecule has 42 heavy (non-hydrogen) atoms. The molecular weight excluding hydrogens is 522 g/mol. The molecule has 0 spiro atoms. The smallest absolute Gasteiger partial charge is 0.318 e. The summed E-state index contributed by atoms with van der Waals surface area (Å²) in [5.41, 5.74) is 5.22. The lowest BCUT2D eigenvalue weighted by Gasteiger charge is -2.34. The number of fused-ring (bicyclic) bond motifs is 1. The van der Waals surface area contributed by atoms with Crippen molar-refractivity contribution in [1.82, 2.24) is 20.1 Å². The standard InChI is InChI=1S/C35H43N5O2/c1-4-39(5-2)24-26-12-11-15-29(22-26)37-34(41)33(25(3)31-23-36-32-17-10-9-16-30(31)32)38-35(42)40-20-18-28(19-21-40)27-13-7-6-8-14-27/h6-17,22-23,25,28,33,36H,4-5,18-21,24H2,1-3H3,(H,37,41)(H,38,42)/t25-,33+/m0/s1. The second-order valence-corrected chi connectivity index (χ2v) is 11.3. The van der Waals surface area contributed by atoms with Gasteiger partial charge in [0.1, 0.15) is 6.04 Å². The van der Waals surface area contributed by atoms with Crippen molar-refractivity contribution in [2.45, 2.75) is 58.0 Å². The molecule has 0 bridgehead atoms. The fourth-order valence-corrected chi connectivity index (χ4v) is 6.11. The van der Waals surface area contributed by atoms with Gasteiger partial charge in [-0.25, -0.2) is 4.79 Å². The van der Waals surface area contributed by atoms with E-state index in [2.05, 4.69) is 70.8 Å². The molecular formula is C35H43N5O2. The third kappa shape index (κ3) is 6.85. The summed E-state index contributed by atoms with van der Waals surface area (Å²) in [7, 11) is 0. The molecule has 3 N–H and O–H groups in total. The van der Waals surface area contributed by atoms with Gasteiger partial charge in [0.05, 0.1) is 0 Å². The van der Waals surface area contributed by atoms with Crippen LogP contribution in [0.2, 0.25) is 0 Å². The average molecular weight is 566 g/mol. The number of carbonyl (C=O) groups is 2. The van der Waals surface area contributed by atoms with Crippen LogP contribution < -0.4 is 10.6 Å². The van der Waals surface area contributed by atoms with Crippen LogP contribution in [-0.2, 0) is 11.3 Å². The molecule has 7 nitrogen and oxygen atoms in total. The molecule has 7 heteroatoms. The number of aromatic nitrogens is 1. The van der Waals surface area contributed by atoms with Crippen molar-refractivity contribution in [3.8, 4) is 0 Å². The van der Waals surface area contributed by atoms with Crippen molar-refractivity contribution < 1.29 is 9.59 Å². The van der Waals surface area contributed by atoms with Gasteiger partial charge in [0, 0.05) is 48.3 Å². The molecule has 0 aliphatic carbocycles. The first-order chi connectivity index (χ1) is 20.5. The largest absolute Gasteiger partial charge is 0.361 e.